The Morgan fingerprint density at radius 3 is 2.56 bits per heavy atom. The number of carbonyl (C=O) groups excluding carboxylic acids is 3. The van der Waals surface area contributed by atoms with E-state index in [4.69, 9.17) is 0 Å². The van der Waals surface area contributed by atoms with E-state index in [0.29, 0.717) is 12.8 Å². The largest absolute Gasteiger partial charge is 0.344 e. The fraction of sp³-hybridized carbons (Fsp3) is 0.727. The first-order chi connectivity index (χ1) is 7.40. The second kappa shape index (κ2) is 3.57. The van der Waals surface area contributed by atoms with E-state index in [2.05, 4.69) is 10.6 Å². The monoisotopic (exact) mass is 224 g/mol. The van der Waals surface area contributed by atoms with Crippen molar-refractivity contribution in [3.8, 4) is 0 Å². The molecule has 1 saturated carbocycles. The topological polar surface area (TPSA) is 75.3 Å². The van der Waals surface area contributed by atoms with Crippen LogP contribution in [0, 0.1) is 11.3 Å². The first kappa shape index (κ1) is 11.1. The highest BCUT2D eigenvalue weighted by Crippen LogP contribution is 2.51. The SMILES string of the molecule is CC1(C)CC1C(=O)NC1CCC(=O)NC1=O. The van der Waals surface area contributed by atoms with Gasteiger partial charge in [0.25, 0.3) is 0 Å². The van der Waals surface area contributed by atoms with Gasteiger partial charge in [0.1, 0.15) is 6.04 Å². The molecular formula is C11H16N2O3. The molecule has 2 fully saturated rings. The summed E-state index contributed by atoms with van der Waals surface area (Å²) >= 11 is 0. The molecule has 0 aromatic rings. The van der Waals surface area contributed by atoms with Crippen molar-refractivity contribution in [2.75, 3.05) is 0 Å². The standard InChI is InChI=1S/C11H16N2O3/c1-11(2)5-6(11)9(15)12-7-3-4-8(14)13-10(7)16/h6-7H,3-5H2,1-2H3,(H,12,15)(H,13,14,16). The number of imide groups is 1. The zero-order valence-electron chi connectivity index (χ0n) is 9.50. The number of hydrogen-bond acceptors (Lipinski definition) is 3. The summed E-state index contributed by atoms with van der Waals surface area (Å²) in [5.41, 5.74) is 0.0606. The Hall–Kier alpha value is -1.39. The van der Waals surface area contributed by atoms with Gasteiger partial charge in [0.15, 0.2) is 0 Å². The fourth-order valence-corrected chi connectivity index (χ4v) is 2.02. The highest BCUT2D eigenvalue weighted by atomic mass is 16.2. The van der Waals surface area contributed by atoms with Gasteiger partial charge in [0, 0.05) is 12.3 Å². The zero-order valence-corrected chi connectivity index (χ0v) is 9.50. The van der Waals surface area contributed by atoms with Crippen LogP contribution in [0.4, 0.5) is 0 Å². The van der Waals surface area contributed by atoms with Crippen LogP contribution < -0.4 is 10.6 Å². The molecule has 2 rings (SSSR count). The van der Waals surface area contributed by atoms with Gasteiger partial charge in [-0.2, -0.15) is 0 Å². The van der Waals surface area contributed by atoms with Crippen LogP contribution in [0.5, 0.6) is 0 Å². The van der Waals surface area contributed by atoms with Crippen LogP contribution in [0.2, 0.25) is 0 Å². The Bertz CT molecular complexity index is 362. The quantitative estimate of drug-likeness (QED) is 0.646. The molecule has 0 spiro atoms. The summed E-state index contributed by atoms with van der Waals surface area (Å²) in [5, 5.41) is 4.93. The normalized spacial score (nSPS) is 31.9. The first-order valence-electron chi connectivity index (χ1n) is 5.54. The van der Waals surface area contributed by atoms with Crippen molar-refractivity contribution in [2.24, 2.45) is 11.3 Å². The number of nitrogens with one attached hydrogen (secondary N) is 2. The van der Waals surface area contributed by atoms with Crippen LogP contribution in [0.25, 0.3) is 0 Å². The smallest absolute Gasteiger partial charge is 0.249 e. The second-order valence-corrected chi connectivity index (χ2v) is 5.26. The number of hydrogen-bond donors (Lipinski definition) is 2. The number of amides is 3. The van der Waals surface area contributed by atoms with E-state index in [0.717, 1.165) is 6.42 Å². The van der Waals surface area contributed by atoms with E-state index >= 15 is 0 Å². The fourth-order valence-electron chi connectivity index (χ4n) is 2.02. The Kier molecular flexibility index (Phi) is 2.48. The molecule has 1 aliphatic heterocycles. The first-order valence-corrected chi connectivity index (χ1v) is 5.54. The molecule has 1 heterocycles. The lowest BCUT2D eigenvalue weighted by atomic mass is 10.0. The predicted octanol–water partition coefficient (Wildman–Crippen LogP) is -0.0461. The third kappa shape index (κ3) is 2.08. The predicted molar refractivity (Wildman–Crippen MR) is 56.2 cm³/mol. The van der Waals surface area contributed by atoms with Crippen molar-refractivity contribution in [1.82, 2.24) is 10.6 Å². The number of piperidine rings is 1. The van der Waals surface area contributed by atoms with Gasteiger partial charge in [-0.3, -0.25) is 19.7 Å². The number of carbonyl (C=O) groups is 3. The Morgan fingerprint density at radius 2 is 2.06 bits per heavy atom. The average molecular weight is 224 g/mol. The minimum absolute atomic E-state index is 0.0120. The maximum atomic E-state index is 11.7. The van der Waals surface area contributed by atoms with Gasteiger partial charge in [-0.05, 0) is 18.3 Å². The molecule has 0 radical (unpaired) electrons. The third-order valence-corrected chi connectivity index (χ3v) is 3.39. The molecular weight excluding hydrogens is 208 g/mol. The maximum absolute atomic E-state index is 11.7. The van der Waals surface area contributed by atoms with E-state index in [9.17, 15) is 14.4 Å². The van der Waals surface area contributed by atoms with Crippen molar-refractivity contribution < 1.29 is 14.4 Å². The molecule has 2 aliphatic rings. The van der Waals surface area contributed by atoms with Crippen LogP contribution >= 0.6 is 0 Å². The van der Waals surface area contributed by atoms with Gasteiger partial charge in [0.2, 0.25) is 17.7 Å². The molecule has 2 atom stereocenters. The molecule has 2 unspecified atom stereocenters. The molecule has 0 aromatic carbocycles. The highest BCUT2D eigenvalue weighted by Gasteiger charge is 2.51. The second-order valence-electron chi connectivity index (χ2n) is 5.26. The van der Waals surface area contributed by atoms with Crippen LogP contribution in [0.15, 0.2) is 0 Å². The summed E-state index contributed by atoms with van der Waals surface area (Å²) in [6.45, 7) is 4.06. The van der Waals surface area contributed by atoms with Gasteiger partial charge in [0.05, 0.1) is 0 Å². The molecule has 5 nitrogen and oxygen atoms in total. The van der Waals surface area contributed by atoms with Gasteiger partial charge in [-0.25, -0.2) is 0 Å². The summed E-state index contributed by atoms with van der Waals surface area (Å²) in [6.07, 6.45) is 1.57. The molecule has 5 heteroatoms. The molecule has 0 bridgehead atoms. The van der Waals surface area contributed by atoms with Crippen LogP contribution in [-0.2, 0) is 14.4 Å². The van der Waals surface area contributed by atoms with E-state index in [1.165, 1.54) is 0 Å². The van der Waals surface area contributed by atoms with Gasteiger partial charge in [-0.1, -0.05) is 13.8 Å². The molecule has 1 saturated heterocycles. The molecule has 1 aliphatic carbocycles. The average Bonchev–Trinajstić information content (AvgIpc) is 2.80. The molecule has 3 amide bonds. The minimum Gasteiger partial charge on any atom is -0.344 e. The minimum atomic E-state index is -0.540. The summed E-state index contributed by atoms with van der Waals surface area (Å²) in [7, 11) is 0. The molecule has 2 N–H and O–H groups in total. The molecule has 16 heavy (non-hydrogen) atoms. The van der Waals surface area contributed by atoms with E-state index in [-0.39, 0.29) is 29.1 Å². The third-order valence-electron chi connectivity index (χ3n) is 3.39. The van der Waals surface area contributed by atoms with E-state index < -0.39 is 6.04 Å². The van der Waals surface area contributed by atoms with Crippen molar-refractivity contribution in [3.05, 3.63) is 0 Å². The number of rotatable bonds is 2. The van der Waals surface area contributed by atoms with Crippen LogP contribution in [-0.4, -0.2) is 23.8 Å². The lowest BCUT2D eigenvalue weighted by Crippen LogP contribution is -2.52. The Balaban J connectivity index is 1.88. The van der Waals surface area contributed by atoms with E-state index in [1.807, 2.05) is 13.8 Å². The summed E-state index contributed by atoms with van der Waals surface area (Å²) in [6, 6.07) is -0.540. The molecule has 0 aromatic heterocycles. The zero-order chi connectivity index (χ0) is 11.9. The lowest BCUT2D eigenvalue weighted by molar-refractivity contribution is -0.137. The van der Waals surface area contributed by atoms with Crippen molar-refractivity contribution in [3.63, 3.8) is 0 Å². The summed E-state index contributed by atoms with van der Waals surface area (Å²) in [5.74, 6) is -0.706. The Labute approximate surface area is 94.0 Å². The summed E-state index contributed by atoms with van der Waals surface area (Å²) < 4.78 is 0. The maximum Gasteiger partial charge on any atom is 0.249 e. The van der Waals surface area contributed by atoms with E-state index in [1.54, 1.807) is 0 Å². The van der Waals surface area contributed by atoms with Gasteiger partial charge < -0.3 is 5.32 Å². The lowest BCUT2D eigenvalue weighted by Gasteiger charge is -2.22. The van der Waals surface area contributed by atoms with Crippen molar-refractivity contribution in [2.45, 2.75) is 39.2 Å². The van der Waals surface area contributed by atoms with Crippen LogP contribution in [0.1, 0.15) is 33.1 Å². The molecule has 88 valence electrons. The van der Waals surface area contributed by atoms with Crippen molar-refractivity contribution in [1.29, 1.82) is 0 Å². The van der Waals surface area contributed by atoms with Gasteiger partial charge >= 0.3 is 0 Å². The van der Waals surface area contributed by atoms with Crippen molar-refractivity contribution >= 4 is 17.7 Å². The summed E-state index contributed by atoms with van der Waals surface area (Å²) in [4.78, 5) is 34.0. The Morgan fingerprint density at radius 1 is 1.44 bits per heavy atom. The van der Waals surface area contributed by atoms with Crippen LogP contribution in [0.3, 0.4) is 0 Å². The van der Waals surface area contributed by atoms with Gasteiger partial charge in [-0.15, -0.1) is 0 Å². The highest BCUT2D eigenvalue weighted by molar-refractivity contribution is 6.02.